The number of benzene rings is 1. The molecule has 5 rings (SSSR count). The monoisotopic (exact) mass is 398 g/mol. The first kappa shape index (κ1) is 17.8. The van der Waals surface area contributed by atoms with Gasteiger partial charge in [0.2, 0.25) is 0 Å². The van der Waals surface area contributed by atoms with Crippen molar-refractivity contribution < 1.29 is 9.53 Å². The highest BCUT2D eigenvalue weighted by molar-refractivity contribution is 6.30. The molecule has 4 aliphatic heterocycles. The van der Waals surface area contributed by atoms with Gasteiger partial charge in [-0.25, -0.2) is 4.79 Å². The molecule has 1 spiro atoms. The normalized spacial score (nSPS) is 22.7. The number of rotatable bonds is 2. The molecule has 1 aromatic carbocycles. The molecular weight excluding hydrogens is 376 g/mol. The molecule has 0 unspecified atom stereocenters. The van der Waals surface area contributed by atoms with Gasteiger partial charge in [-0.3, -0.25) is 14.8 Å². The summed E-state index contributed by atoms with van der Waals surface area (Å²) in [5, 5.41) is 0.621. The number of anilines is 1. The summed E-state index contributed by atoms with van der Waals surface area (Å²) in [6.07, 6.45) is 8.90. The number of ether oxygens (including phenoxy) is 1. The summed E-state index contributed by atoms with van der Waals surface area (Å²) in [6.45, 7) is 5.86. The predicted octanol–water partition coefficient (Wildman–Crippen LogP) is 3.19. The van der Waals surface area contributed by atoms with Crippen LogP contribution in [-0.4, -0.2) is 67.9 Å². The van der Waals surface area contributed by atoms with Crippen LogP contribution >= 0.6 is 11.6 Å². The van der Waals surface area contributed by atoms with E-state index in [9.17, 15) is 4.79 Å². The fourth-order valence-electron chi connectivity index (χ4n) is 4.61. The van der Waals surface area contributed by atoms with Gasteiger partial charge in [0, 0.05) is 61.6 Å². The SMILES string of the molecule is O=C(N1CC2(CN(CC3=CC=NC=CC3)C2)C1)N1CCOc2cc(Cl)ccc21. The van der Waals surface area contributed by atoms with Gasteiger partial charge in [-0.05, 0) is 24.6 Å². The number of hydrogen-bond acceptors (Lipinski definition) is 4. The highest BCUT2D eigenvalue weighted by Crippen LogP contribution is 2.42. The number of amides is 2. The van der Waals surface area contributed by atoms with Gasteiger partial charge in [0.1, 0.15) is 12.4 Å². The molecule has 2 saturated heterocycles. The number of carbonyl (C=O) groups is 1. The van der Waals surface area contributed by atoms with Crippen molar-refractivity contribution in [3.63, 3.8) is 0 Å². The van der Waals surface area contributed by atoms with Gasteiger partial charge >= 0.3 is 6.03 Å². The van der Waals surface area contributed by atoms with Crippen molar-refractivity contribution in [3.05, 3.63) is 47.1 Å². The molecule has 28 heavy (non-hydrogen) atoms. The van der Waals surface area contributed by atoms with Gasteiger partial charge < -0.3 is 9.64 Å². The van der Waals surface area contributed by atoms with Crippen molar-refractivity contribution in [1.29, 1.82) is 0 Å². The van der Waals surface area contributed by atoms with Crippen LogP contribution < -0.4 is 9.64 Å². The van der Waals surface area contributed by atoms with E-state index in [1.165, 1.54) is 5.57 Å². The van der Waals surface area contributed by atoms with Crippen LogP contribution in [0.25, 0.3) is 0 Å². The third-order valence-corrected chi connectivity index (χ3v) is 6.09. The van der Waals surface area contributed by atoms with Crippen LogP contribution in [0.15, 0.2) is 47.1 Å². The fourth-order valence-corrected chi connectivity index (χ4v) is 4.77. The van der Waals surface area contributed by atoms with E-state index in [1.54, 1.807) is 12.1 Å². The lowest BCUT2D eigenvalue weighted by Gasteiger charge is -2.60. The highest BCUT2D eigenvalue weighted by atomic mass is 35.5. The summed E-state index contributed by atoms with van der Waals surface area (Å²) in [5.74, 6) is 0.687. The number of halogens is 1. The highest BCUT2D eigenvalue weighted by Gasteiger charge is 2.53. The summed E-state index contributed by atoms with van der Waals surface area (Å²) in [7, 11) is 0. The molecule has 6 nitrogen and oxygen atoms in total. The lowest BCUT2D eigenvalue weighted by Crippen LogP contribution is -2.74. The van der Waals surface area contributed by atoms with Gasteiger partial charge in [0.15, 0.2) is 0 Å². The summed E-state index contributed by atoms with van der Waals surface area (Å²) in [4.78, 5) is 23.4. The van der Waals surface area contributed by atoms with E-state index < -0.39 is 0 Å². The number of aliphatic imine (C=N–C) groups is 1. The summed E-state index contributed by atoms with van der Waals surface area (Å²) in [5.41, 5.74) is 2.48. The maximum atomic E-state index is 13.0. The molecule has 1 aromatic rings. The maximum Gasteiger partial charge on any atom is 0.324 e. The number of carbonyl (C=O) groups excluding carboxylic acids is 1. The zero-order valence-corrected chi connectivity index (χ0v) is 16.4. The Morgan fingerprint density at radius 1 is 1.25 bits per heavy atom. The number of likely N-dealkylation sites (tertiary alicyclic amines) is 2. The van der Waals surface area contributed by atoms with Crippen LogP contribution in [0, 0.1) is 5.41 Å². The van der Waals surface area contributed by atoms with Crippen molar-refractivity contribution in [2.75, 3.05) is 50.8 Å². The Morgan fingerprint density at radius 2 is 2.11 bits per heavy atom. The minimum atomic E-state index is 0.0729. The molecule has 146 valence electrons. The molecule has 0 N–H and O–H groups in total. The second kappa shape index (κ2) is 6.94. The van der Waals surface area contributed by atoms with E-state index in [-0.39, 0.29) is 11.4 Å². The number of hydrogen-bond donors (Lipinski definition) is 0. The molecule has 2 fully saturated rings. The van der Waals surface area contributed by atoms with Gasteiger partial charge in [-0.15, -0.1) is 0 Å². The standard InChI is InChI=1S/C21H23ClN4O2/c22-17-3-4-18-19(10-17)28-9-8-26(18)20(27)25-14-21(15-25)12-24(13-21)11-16-2-1-6-23-7-5-16/h1,3-7,10H,2,8-9,11-15H2. The Balaban J connectivity index is 1.16. The number of allylic oxidation sites excluding steroid dienone is 2. The summed E-state index contributed by atoms with van der Waals surface area (Å²) < 4.78 is 5.66. The molecule has 4 aliphatic rings. The molecule has 0 bridgehead atoms. The van der Waals surface area contributed by atoms with E-state index in [0.29, 0.717) is 23.9 Å². The van der Waals surface area contributed by atoms with Gasteiger partial charge in [0.25, 0.3) is 0 Å². The van der Waals surface area contributed by atoms with Crippen LogP contribution in [0.4, 0.5) is 10.5 Å². The molecule has 7 heteroatoms. The van der Waals surface area contributed by atoms with Crippen LogP contribution in [0.3, 0.4) is 0 Å². The van der Waals surface area contributed by atoms with Gasteiger partial charge in [0.05, 0.1) is 12.2 Å². The van der Waals surface area contributed by atoms with Crippen LogP contribution in [0.1, 0.15) is 6.42 Å². The Bertz CT molecular complexity index is 880. The fraction of sp³-hybridized carbons (Fsp3) is 0.429. The van der Waals surface area contributed by atoms with E-state index in [1.807, 2.05) is 28.3 Å². The minimum absolute atomic E-state index is 0.0729. The Kier molecular flexibility index (Phi) is 4.40. The second-order valence-corrected chi connectivity index (χ2v) is 8.54. The third-order valence-electron chi connectivity index (χ3n) is 5.85. The topological polar surface area (TPSA) is 48.4 Å². The van der Waals surface area contributed by atoms with E-state index in [4.69, 9.17) is 16.3 Å². The lowest BCUT2D eigenvalue weighted by atomic mass is 9.72. The Hall–Kier alpha value is -2.31. The maximum absolute atomic E-state index is 13.0. The van der Waals surface area contributed by atoms with E-state index in [0.717, 1.165) is 44.8 Å². The smallest absolute Gasteiger partial charge is 0.324 e. The van der Waals surface area contributed by atoms with Crippen LogP contribution in [-0.2, 0) is 0 Å². The molecule has 0 aromatic heterocycles. The Morgan fingerprint density at radius 3 is 2.96 bits per heavy atom. The first-order valence-corrected chi connectivity index (χ1v) is 10.1. The first-order chi connectivity index (χ1) is 13.6. The van der Waals surface area contributed by atoms with Gasteiger partial charge in [-0.2, -0.15) is 0 Å². The zero-order chi connectivity index (χ0) is 19.1. The number of urea groups is 1. The van der Waals surface area contributed by atoms with Crippen molar-refractivity contribution in [1.82, 2.24) is 9.80 Å². The van der Waals surface area contributed by atoms with Crippen LogP contribution in [0.5, 0.6) is 5.75 Å². The van der Waals surface area contributed by atoms with Crippen molar-refractivity contribution >= 4 is 29.5 Å². The summed E-state index contributed by atoms with van der Waals surface area (Å²) >= 11 is 6.05. The molecule has 0 saturated carbocycles. The van der Waals surface area contributed by atoms with E-state index in [2.05, 4.69) is 22.0 Å². The number of nitrogens with zero attached hydrogens (tertiary/aromatic N) is 4. The lowest BCUT2D eigenvalue weighted by molar-refractivity contribution is -0.0896. The van der Waals surface area contributed by atoms with Crippen molar-refractivity contribution in [2.45, 2.75) is 6.42 Å². The van der Waals surface area contributed by atoms with Gasteiger partial charge in [-0.1, -0.05) is 23.3 Å². The molecule has 2 amide bonds. The molecular formula is C21H23ClN4O2. The van der Waals surface area contributed by atoms with Crippen molar-refractivity contribution in [3.8, 4) is 5.75 Å². The molecule has 0 radical (unpaired) electrons. The third kappa shape index (κ3) is 3.20. The number of fused-ring (bicyclic) bond motifs is 1. The Labute approximate surface area is 169 Å². The predicted molar refractivity (Wildman–Crippen MR) is 110 cm³/mol. The zero-order valence-electron chi connectivity index (χ0n) is 15.7. The second-order valence-electron chi connectivity index (χ2n) is 8.11. The average molecular weight is 399 g/mol. The average Bonchev–Trinajstić information content (AvgIpc) is 2.90. The quantitative estimate of drug-likeness (QED) is 0.768. The van der Waals surface area contributed by atoms with Crippen molar-refractivity contribution in [2.24, 2.45) is 10.4 Å². The first-order valence-electron chi connectivity index (χ1n) is 9.69. The molecule has 0 atom stereocenters. The minimum Gasteiger partial charge on any atom is -0.489 e. The molecule has 0 aliphatic carbocycles. The molecule has 4 heterocycles. The van der Waals surface area contributed by atoms with Crippen LogP contribution in [0.2, 0.25) is 5.02 Å². The largest absolute Gasteiger partial charge is 0.489 e. The summed E-state index contributed by atoms with van der Waals surface area (Å²) in [6, 6.07) is 5.52. The van der Waals surface area contributed by atoms with E-state index >= 15 is 0 Å².